The molecule has 0 amide bonds. The second-order valence-electron chi connectivity index (χ2n) is 5.97. The number of hydrogen-bond donors (Lipinski definition) is 3. The number of H-pyrrole nitrogens is 1. The minimum Gasteiger partial charge on any atom is -0.495 e. The van der Waals surface area contributed by atoms with Crippen molar-refractivity contribution in [3.63, 3.8) is 0 Å². The maximum absolute atomic E-state index is 6.03. The van der Waals surface area contributed by atoms with Gasteiger partial charge in [-0.1, -0.05) is 23.2 Å². The zero-order valence-corrected chi connectivity index (χ0v) is 17.4. The third-order valence-corrected chi connectivity index (χ3v) is 4.62. The zero-order chi connectivity index (χ0) is 20.4. The van der Waals surface area contributed by atoms with E-state index in [9.17, 15) is 0 Å². The van der Waals surface area contributed by atoms with Gasteiger partial charge in [0, 0.05) is 33.7 Å². The fraction of sp³-hybridized carbons (Fsp3) is 0.0526. The molecule has 7 nitrogen and oxygen atoms in total. The van der Waals surface area contributed by atoms with Gasteiger partial charge in [-0.2, -0.15) is 0 Å². The molecule has 0 saturated heterocycles. The van der Waals surface area contributed by atoms with E-state index < -0.39 is 0 Å². The van der Waals surface area contributed by atoms with Crippen LogP contribution in [0.25, 0.3) is 22.7 Å². The summed E-state index contributed by atoms with van der Waals surface area (Å²) in [5.41, 5.74) is 3.31. The normalized spacial score (nSPS) is 10.7. The number of aromatic nitrogens is 4. The molecular formula is C19H14Cl2N6OS. The van der Waals surface area contributed by atoms with E-state index in [1.165, 1.54) is 0 Å². The SMILES string of the molecule is COc1ccc(-c2nc3nccnc3[nH]2)cc1NC(=S)Nc1cc(Cl)cc(Cl)c1. The second-order valence-corrected chi connectivity index (χ2v) is 7.25. The van der Waals surface area contributed by atoms with Crippen molar-refractivity contribution in [1.29, 1.82) is 0 Å². The van der Waals surface area contributed by atoms with Crippen LogP contribution in [-0.4, -0.2) is 32.2 Å². The van der Waals surface area contributed by atoms with Gasteiger partial charge in [0.1, 0.15) is 11.6 Å². The standard InChI is InChI=1S/C19H14Cl2N6OS/c1-28-15-3-2-10(16-26-17-18(27-16)23-5-4-22-17)6-14(15)25-19(29)24-13-8-11(20)7-12(21)9-13/h2-9H,1H3,(H2,24,25,29)(H,22,23,26,27). The van der Waals surface area contributed by atoms with Gasteiger partial charge < -0.3 is 20.4 Å². The van der Waals surface area contributed by atoms with Crippen LogP contribution in [0.4, 0.5) is 11.4 Å². The van der Waals surface area contributed by atoms with Crippen LogP contribution in [0.1, 0.15) is 0 Å². The molecule has 10 heteroatoms. The predicted molar refractivity (Wildman–Crippen MR) is 120 cm³/mol. The molecule has 4 aromatic rings. The fourth-order valence-corrected chi connectivity index (χ4v) is 3.50. The maximum atomic E-state index is 6.03. The molecule has 3 N–H and O–H groups in total. The van der Waals surface area contributed by atoms with Gasteiger partial charge in [-0.3, -0.25) is 0 Å². The van der Waals surface area contributed by atoms with Crippen molar-refractivity contribution < 1.29 is 4.74 Å². The lowest BCUT2D eigenvalue weighted by molar-refractivity contribution is 0.417. The van der Waals surface area contributed by atoms with Crippen molar-refractivity contribution in [2.75, 3.05) is 17.7 Å². The highest BCUT2D eigenvalue weighted by molar-refractivity contribution is 7.80. The Labute approximate surface area is 181 Å². The Balaban J connectivity index is 1.60. The van der Waals surface area contributed by atoms with Crippen LogP contribution < -0.4 is 15.4 Å². The highest BCUT2D eigenvalue weighted by Gasteiger charge is 2.12. The van der Waals surface area contributed by atoms with Crippen molar-refractivity contribution in [1.82, 2.24) is 19.9 Å². The van der Waals surface area contributed by atoms with E-state index in [1.54, 1.807) is 37.7 Å². The Morgan fingerprint density at radius 2 is 1.79 bits per heavy atom. The number of rotatable bonds is 4. The molecule has 4 rings (SSSR count). The third-order valence-electron chi connectivity index (χ3n) is 3.97. The Morgan fingerprint density at radius 1 is 1.03 bits per heavy atom. The van der Waals surface area contributed by atoms with E-state index in [-0.39, 0.29) is 0 Å². The van der Waals surface area contributed by atoms with E-state index >= 15 is 0 Å². The summed E-state index contributed by atoms with van der Waals surface area (Å²) >= 11 is 17.5. The van der Waals surface area contributed by atoms with Crippen molar-refractivity contribution >= 4 is 63.2 Å². The Bertz CT molecular complexity index is 1160. The lowest BCUT2D eigenvalue weighted by atomic mass is 10.1. The first-order valence-corrected chi connectivity index (χ1v) is 9.57. The van der Waals surface area contributed by atoms with Crippen molar-refractivity contribution in [2.45, 2.75) is 0 Å². The van der Waals surface area contributed by atoms with Gasteiger partial charge in [0.15, 0.2) is 16.4 Å². The summed E-state index contributed by atoms with van der Waals surface area (Å²) < 4.78 is 5.44. The number of fused-ring (bicyclic) bond motifs is 1. The number of aromatic amines is 1. The minimum atomic E-state index is 0.353. The number of hydrogen-bond acceptors (Lipinski definition) is 5. The number of ether oxygens (including phenoxy) is 1. The smallest absolute Gasteiger partial charge is 0.197 e. The highest BCUT2D eigenvalue weighted by Crippen LogP contribution is 2.30. The number of nitrogens with zero attached hydrogens (tertiary/aromatic N) is 3. The molecule has 0 unspecified atom stereocenters. The van der Waals surface area contributed by atoms with Gasteiger partial charge in [-0.05, 0) is 48.6 Å². The molecular weight excluding hydrogens is 431 g/mol. The maximum Gasteiger partial charge on any atom is 0.197 e. The number of thiocarbonyl (C=S) groups is 1. The summed E-state index contributed by atoms with van der Waals surface area (Å²) in [6.07, 6.45) is 3.21. The molecule has 0 aliphatic heterocycles. The Hall–Kier alpha value is -2.94. The van der Waals surface area contributed by atoms with E-state index in [4.69, 9.17) is 40.2 Å². The van der Waals surface area contributed by atoms with Crippen LogP contribution in [-0.2, 0) is 0 Å². The second kappa shape index (κ2) is 8.20. The van der Waals surface area contributed by atoms with Gasteiger partial charge in [-0.25, -0.2) is 15.0 Å². The quantitative estimate of drug-likeness (QED) is 0.375. The molecule has 146 valence electrons. The van der Waals surface area contributed by atoms with Crippen LogP contribution in [0.2, 0.25) is 10.0 Å². The van der Waals surface area contributed by atoms with Gasteiger partial charge in [-0.15, -0.1) is 0 Å². The number of benzene rings is 2. The Morgan fingerprint density at radius 3 is 2.52 bits per heavy atom. The van der Waals surface area contributed by atoms with Crippen molar-refractivity contribution in [2.24, 2.45) is 0 Å². The third kappa shape index (κ3) is 4.40. The van der Waals surface area contributed by atoms with Crippen molar-refractivity contribution in [3.8, 4) is 17.1 Å². The highest BCUT2D eigenvalue weighted by atomic mass is 35.5. The number of anilines is 2. The molecule has 0 spiro atoms. The molecule has 0 aliphatic carbocycles. The summed E-state index contributed by atoms with van der Waals surface area (Å²) in [5, 5.41) is 7.56. The average molecular weight is 445 g/mol. The number of nitrogens with one attached hydrogen (secondary N) is 3. The molecule has 0 fully saturated rings. The topological polar surface area (TPSA) is 87.8 Å². The van der Waals surface area contributed by atoms with Crippen molar-refractivity contribution in [3.05, 3.63) is 58.8 Å². The molecule has 29 heavy (non-hydrogen) atoms. The molecule has 2 aromatic heterocycles. The number of imidazole rings is 1. The lowest BCUT2D eigenvalue weighted by Gasteiger charge is -2.14. The average Bonchev–Trinajstić information content (AvgIpc) is 3.11. The van der Waals surface area contributed by atoms with Gasteiger partial charge >= 0.3 is 0 Å². The number of methoxy groups -OCH3 is 1. The molecule has 0 aliphatic rings. The predicted octanol–water partition coefficient (Wildman–Crippen LogP) is 5.14. The van der Waals surface area contributed by atoms with Gasteiger partial charge in [0.05, 0.1) is 12.8 Å². The largest absolute Gasteiger partial charge is 0.495 e. The minimum absolute atomic E-state index is 0.353. The van der Waals surface area contributed by atoms with E-state index in [0.29, 0.717) is 49.4 Å². The zero-order valence-electron chi connectivity index (χ0n) is 15.0. The first-order chi connectivity index (χ1) is 14.0. The van der Waals surface area contributed by atoms with Crippen LogP contribution >= 0.6 is 35.4 Å². The van der Waals surface area contributed by atoms with Crippen LogP contribution in [0, 0.1) is 0 Å². The summed E-state index contributed by atoms with van der Waals surface area (Å²) in [5.74, 6) is 1.26. The summed E-state index contributed by atoms with van der Waals surface area (Å²) in [7, 11) is 1.59. The summed E-state index contributed by atoms with van der Waals surface area (Å²) in [4.78, 5) is 16.0. The van der Waals surface area contributed by atoms with E-state index in [0.717, 1.165) is 5.56 Å². The first-order valence-electron chi connectivity index (χ1n) is 8.41. The molecule has 0 atom stereocenters. The van der Waals surface area contributed by atoms with Crippen LogP contribution in [0.15, 0.2) is 48.8 Å². The van der Waals surface area contributed by atoms with Crippen LogP contribution in [0.3, 0.4) is 0 Å². The molecule has 2 heterocycles. The monoisotopic (exact) mass is 444 g/mol. The summed E-state index contributed by atoms with van der Waals surface area (Å²) in [6, 6.07) is 10.7. The lowest BCUT2D eigenvalue weighted by Crippen LogP contribution is -2.19. The van der Waals surface area contributed by atoms with Gasteiger partial charge in [0.25, 0.3) is 0 Å². The van der Waals surface area contributed by atoms with E-state index in [2.05, 4.69) is 30.6 Å². The molecule has 0 saturated carbocycles. The number of halogens is 2. The van der Waals surface area contributed by atoms with Gasteiger partial charge in [0.2, 0.25) is 0 Å². The molecule has 0 bridgehead atoms. The fourth-order valence-electron chi connectivity index (χ4n) is 2.75. The summed E-state index contributed by atoms with van der Waals surface area (Å²) in [6.45, 7) is 0. The molecule has 2 aromatic carbocycles. The molecule has 0 radical (unpaired) electrons. The first kappa shape index (κ1) is 19.4. The van der Waals surface area contributed by atoms with E-state index in [1.807, 2.05) is 18.2 Å². The van der Waals surface area contributed by atoms with Crippen LogP contribution in [0.5, 0.6) is 5.75 Å². The Kier molecular flexibility index (Phi) is 5.48.